The molecule has 150 valence electrons. The summed E-state index contributed by atoms with van der Waals surface area (Å²) in [6.45, 7) is 8.85. The Morgan fingerprint density at radius 1 is 1.21 bits per heavy atom. The van der Waals surface area contributed by atoms with Gasteiger partial charge in [-0.3, -0.25) is 9.48 Å². The molecule has 0 saturated heterocycles. The van der Waals surface area contributed by atoms with Crippen LogP contribution in [0.2, 0.25) is 0 Å². The molecule has 2 aromatic rings. The van der Waals surface area contributed by atoms with Gasteiger partial charge in [-0.2, -0.15) is 5.10 Å². The van der Waals surface area contributed by atoms with Gasteiger partial charge in [0.15, 0.2) is 5.82 Å². The Morgan fingerprint density at radius 2 is 1.93 bits per heavy atom. The van der Waals surface area contributed by atoms with E-state index in [2.05, 4.69) is 26.0 Å². The summed E-state index contributed by atoms with van der Waals surface area (Å²) in [5.74, 6) is 0.273. The Bertz CT molecular complexity index is 913. The van der Waals surface area contributed by atoms with Gasteiger partial charge in [0.1, 0.15) is 11.6 Å². The number of nitrogens with one attached hydrogen (secondary N) is 3. The van der Waals surface area contributed by atoms with E-state index in [1.165, 1.54) is 0 Å². The molecule has 0 saturated carbocycles. The fraction of sp³-hybridized carbons (Fsp3) is 0.474. The number of hydrogen-bond acceptors (Lipinski definition) is 6. The minimum Gasteiger partial charge on any atom is -0.444 e. The first kappa shape index (κ1) is 19.7. The van der Waals surface area contributed by atoms with Crippen molar-refractivity contribution in [2.75, 3.05) is 10.6 Å². The van der Waals surface area contributed by atoms with Crippen molar-refractivity contribution < 1.29 is 14.3 Å². The molecule has 0 bridgehead atoms. The zero-order chi connectivity index (χ0) is 20.7. The predicted molar refractivity (Wildman–Crippen MR) is 106 cm³/mol. The van der Waals surface area contributed by atoms with E-state index >= 15 is 0 Å². The molecule has 1 aliphatic heterocycles. The highest BCUT2D eigenvalue weighted by molar-refractivity contribution is 6.03. The number of carbonyl (C=O) groups excluding carboxylic acids is 2. The van der Waals surface area contributed by atoms with Crippen LogP contribution < -0.4 is 16.0 Å². The molecule has 1 aliphatic rings. The van der Waals surface area contributed by atoms with Crippen molar-refractivity contribution in [3.8, 4) is 11.1 Å². The number of pyridine rings is 1. The number of carbonyl (C=O) groups is 2. The minimum absolute atomic E-state index is 0.265. The van der Waals surface area contributed by atoms with Gasteiger partial charge in [-0.15, -0.1) is 0 Å². The fourth-order valence-corrected chi connectivity index (χ4v) is 2.96. The van der Waals surface area contributed by atoms with Gasteiger partial charge in [0.25, 0.3) is 0 Å². The highest BCUT2D eigenvalue weighted by atomic mass is 16.6. The molecule has 28 heavy (non-hydrogen) atoms. The van der Waals surface area contributed by atoms with Crippen LogP contribution in [0.25, 0.3) is 11.1 Å². The summed E-state index contributed by atoms with van der Waals surface area (Å²) in [5, 5.41) is 12.9. The first-order valence-corrected chi connectivity index (χ1v) is 9.02. The van der Waals surface area contributed by atoms with Crippen molar-refractivity contribution in [3.63, 3.8) is 0 Å². The third kappa shape index (κ3) is 4.24. The van der Waals surface area contributed by atoms with E-state index in [1.807, 2.05) is 19.3 Å². The first-order chi connectivity index (χ1) is 12.9. The maximum Gasteiger partial charge on any atom is 0.408 e. The van der Waals surface area contributed by atoms with E-state index in [9.17, 15) is 9.59 Å². The summed E-state index contributed by atoms with van der Waals surface area (Å²) in [7, 11) is 1.84. The number of anilines is 2. The number of nitrogens with zero attached hydrogens (tertiary/aromatic N) is 3. The lowest BCUT2D eigenvalue weighted by atomic mass is 9.92. The van der Waals surface area contributed by atoms with Gasteiger partial charge in [0.05, 0.1) is 17.4 Å². The number of ether oxygens (including phenoxy) is 1. The van der Waals surface area contributed by atoms with Crippen molar-refractivity contribution in [2.45, 2.75) is 51.8 Å². The smallest absolute Gasteiger partial charge is 0.408 e. The number of fused-ring (bicyclic) bond motifs is 1. The quantitative estimate of drug-likeness (QED) is 0.748. The molecular weight excluding hydrogens is 360 g/mol. The molecule has 2 aromatic heterocycles. The summed E-state index contributed by atoms with van der Waals surface area (Å²) < 4.78 is 7.00. The van der Waals surface area contributed by atoms with Crippen molar-refractivity contribution in [1.82, 2.24) is 20.1 Å². The minimum atomic E-state index is -0.909. The van der Waals surface area contributed by atoms with Gasteiger partial charge in [-0.05, 0) is 40.7 Å². The average molecular weight is 386 g/mol. The number of amides is 2. The van der Waals surface area contributed by atoms with Crippen LogP contribution in [0, 0.1) is 0 Å². The normalized spacial score (nSPS) is 16.6. The maximum absolute atomic E-state index is 12.7. The number of aromatic nitrogens is 3. The number of alkyl carbamates (subject to hydrolysis) is 1. The summed E-state index contributed by atoms with van der Waals surface area (Å²) in [4.78, 5) is 29.3. The third-order valence-corrected chi connectivity index (χ3v) is 4.27. The van der Waals surface area contributed by atoms with Crippen LogP contribution in [0.1, 0.15) is 34.6 Å². The average Bonchev–Trinajstić information content (AvgIpc) is 2.97. The van der Waals surface area contributed by atoms with E-state index < -0.39 is 23.3 Å². The van der Waals surface area contributed by atoms with Crippen molar-refractivity contribution in [3.05, 3.63) is 24.7 Å². The third-order valence-electron chi connectivity index (χ3n) is 4.27. The van der Waals surface area contributed by atoms with Crippen molar-refractivity contribution in [2.24, 2.45) is 7.05 Å². The molecule has 3 rings (SSSR count). The summed E-state index contributed by atoms with van der Waals surface area (Å²) in [5.41, 5.74) is 0.794. The Hall–Kier alpha value is -3.10. The molecule has 0 fully saturated rings. The van der Waals surface area contributed by atoms with E-state index in [0.717, 1.165) is 11.1 Å². The Kier molecular flexibility index (Phi) is 4.78. The molecular formula is C19H26N6O3. The van der Waals surface area contributed by atoms with Crippen molar-refractivity contribution >= 4 is 23.5 Å². The molecule has 3 N–H and O–H groups in total. The summed E-state index contributed by atoms with van der Waals surface area (Å²) in [6.07, 6.45) is 4.74. The van der Waals surface area contributed by atoms with Crippen LogP contribution in [0.5, 0.6) is 0 Å². The van der Waals surface area contributed by atoms with E-state index in [-0.39, 0.29) is 5.91 Å². The molecule has 9 nitrogen and oxygen atoms in total. The zero-order valence-electron chi connectivity index (χ0n) is 17.0. The largest absolute Gasteiger partial charge is 0.444 e. The van der Waals surface area contributed by atoms with Gasteiger partial charge in [-0.25, -0.2) is 9.78 Å². The van der Waals surface area contributed by atoms with Gasteiger partial charge >= 0.3 is 6.09 Å². The summed E-state index contributed by atoms with van der Waals surface area (Å²) >= 11 is 0. The van der Waals surface area contributed by atoms with Crippen LogP contribution in [0.15, 0.2) is 24.7 Å². The highest BCUT2D eigenvalue weighted by Crippen LogP contribution is 2.31. The Balaban J connectivity index is 1.78. The Morgan fingerprint density at radius 3 is 2.54 bits per heavy atom. The summed E-state index contributed by atoms with van der Waals surface area (Å²) in [6, 6.07) is 1.12. The van der Waals surface area contributed by atoms with E-state index in [1.54, 1.807) is 51.7 Å². The lowest BCUT2D eigenvalue weighted by Crippen LogP contribution is -2.61. The van der Waals surface area contributed by atoms with Gasteiger partial charge < -0.3 is 20.7 Å². The predicted octanol–water partition coefficient (Wildman–Crippen LogP) is 2.52. The van der Waals surface area contributed by atoms with Crippen LogP contribution in [0.4, 0.5) is 16.3 Å². The molecule has 3 heterocycles. The van der Waals surface area contributed by atoms with Crippen LogP contribution in [-0.4, -0.2) is 43.9 Å². The fourth-order valence-electron chi connectivity index (χ4n) is 2.96. The lowest BCUT2D eigenvalue weighted by Gasteiger charge is -2.38. The highest BCUT2D eigenvalue weighted by Gasteiger charge is 2.40. The molecule has 0 spiro atoms. The van der Waals surface area contributed by atoms with Crippen LogP contribution >= 0.6 is 0 Å². The SMILES string of the molecule is Cn1cc(-c2cnc3c(c2)NC(=O)[C@H](C(C)(C)NC(=O)OC(C)(C)C)N3)cn1. The first-order valence-electron chi connectivity index (χ1n) is 9.02. The van der Waals surface area contributed by atoms with Gasteiger partial charge in [0.2, 0.25) is 5.91 Å². The van der Waals surface area contributed by atoms with E-state index in [0.29, 0.717) is 11.5 Å². The van der Waals surface area contributed by atoms with Crippen molar-refractivity contribution in [1.29, 1.82) is 0 Å². The molecule has 0 aliphatic carbocycles. The molecule has 9 heteroatoms. The molecule has 0 radical (unpaired) electrons. The van der Waals surface area contributed by atoms with E-state index in [4.69, 9.17) is 4.74 Å². The van der Waals surface area contributed by atoms with Crippen LogP contribution in [-0.2, 0) is 16.6 Å². The molecule has 0 aromatic carbocycles. The molecule has 0 unspecified atom stereocenters. The Labute approximate surface area is 163 Å². The zero-order valence-corrected chi connectivity index (χ0v) is 17.0. The second kappa shape index (κ2) is 6.81. The lowest BCUT2D eigenvalue weighted by molar-refractivity contribution is -0.118. The second-order valence-electron chi connectivity index (χ2n) is 8.44. The topological polar surface area (TPSA) is 110 Å². The number of rotatable bonds is 3. The monoisotopic (exact) mass is 386 g/mol. The standard InChI is InChI=1S/C19H26N6O3/c1-18(2,3)28-17(27)24-19(4,5)14-16(26)22-13-7-11(8-20-15(13)23-14)12-9-21-25(6)10-12/h7-10,14H,1-6H3,(H,20,23)(H,22,26)(H,24,27)/t14-/m1/s1. The molecule has 1 atom stereocenters. The maximum atomic E-state index is 12.7. The second-order valence-corrected chi connectivity index (χ2v) is 8.44. The molecule has 2 amide bonds. The van der Waals surface area contributed by atoms with Gasteiger partial charge in [-0.1, -0.05) is 0 Å². The number of hydrogen-bond donors (Lipinski definition) is 3. The van der Waals surface area contributed by atoms with Gasteiger partial charge in [0, 0.05) is 30.6 Å². The number of aryl methyl sites for hydroxylation is 1. The van der Waals surface area contributed by atoms with Crippen LogP contribution in [0.3, 0.4) is 0 Å².